The number of rotatable bonds is 7. The molecule has 34 heavy (non-hydrogen) atoms. The molecule has 2 aliphatic heterocycles. The molecule has 0 radical (unpaired) electrons. The average Bonchev–Trinajstić information content (AvgIpc) is 2.89. The number of para-hydroxylation sites is 1. The minimum Gasteiger partial charge on any atom is -0.343 e. The van der Waals surface area contributed by atoms with E-state index in [0.717, 1.165) is 62.5 Å². The summed E-state index contributed by atoms with van der Waals surface area (Å²) in [7, 11) is 0. The fourth-order valence-electron chi connectivity index (χ4n) is 5.26. The SMILES string of the molecule is CC(CN1CCN(CCc2ccccc2)CC1)N1c2ccccc2C(=O)NC1c1ccccc1. The predicted molar refractivity (Wildman–Crippen MR) is 138 cm³/mol. The van der Waals surface area contributed by atoms with Gasteiger partial charge in [-0.25, -0.2) is 0 Å². The molecule has 1 saturated heterocycles. The number of benzene rings is 3. The second-order valence-electron chi connectivity index (χ2n) is 9.44. The van der Waals surface area contributed by atoms with E-state index in [4.69, 9.17) is 0 Å². The van der Waals surface area contributed by atoms with Crippen molar-refractivity contribution in [1.29, 1.82) is 0 Å². The lowest BCUT2D eigenvalue weighted by molar-refractivity contribution is 0.0917. The van der Waals surface area contributed by atoms with Gasteiger partial charge in [-0.05, 0) is 36.6 Å². The largest absolute Gasteiger partial charge is 0.343 e. The zero-order chi connectivity index (χ0) is 23.3. The monoisotopic (exact) mass is 454 g/mol. The van der Waals surface area contributed by atoms with Gasteiger partial charge in [0.25, 0.3) is 5.91 Å². The van der Waals surface area contributed by atoms with Gasteiger partial charge >= 0.3 is 0 Å². The van der Waals surface area contributed by atoms with Crippen LogP contribution in [-0.2, 0) is 6.42 Å². The third-order valence-corrected chi connectivity index (χ3v) is 7.11. The zero-order valence-electron chi connectivity index (χ0n) is 19.9. The molecule has 5 rings (SSSR count). The number of hydrogen-bond acceptors (Lipinski definition) is 4. The number of fused-ring (bicyclic) bond motifs is 1. The molecule has 1 fully saturated rings. The van der Waals surface area contributed by atoms with Crippen LogP contribution in [0.4, 0.5) is 5.69 Å². The lowest BCUT2D eigenvalue weighted by atomic mass is 10.0. The maximum Gasteiger partial charge on any atom is 0.255 e. The van der Waals surface area contributed by atoms with E-state index in [1.807, 2.05) is 36.4 Å². The lowest BCUT2D eigenvalue weighted by Crippen LogP contribution is -2.55. The average molecular weight is 455 g/mol. The fourth-order valence-corrected chi connectivity index (χ4v) is 5.26. The first-order valence-corrected chi connectivity index (χ1v) is 12.4. The van der Waals surface area contributed by atoms with Crippen LogP contribution >= 0.6 is 0 Å². The number of nitrogens with zero attached hydrogens (tertiary/aromatic N) is 3. The van der Waals surface area contributed by atoms with Crippen LogP contribution < -0.4 is 10.2 Å². The van der Waals surface area contributed by atoms with E-state index in [1.165, 1.54) is 5.56 Å². The Morgan fingerprint density at radius 1 is 0.824 bits per heavy atom. The van der Waals surface area contributed by atoms with E-state index in [1.54, 1.807) is 0 Å². The molecule has 2 unspecified atom stereocenters. The summed E-state index contributed by atoms with van der Waals surface area (Å²) in [6.07, 6.45) is 0.950. The highest BCUT2D eigenvalue weighted by atomic mass is 16.2. The van der Waals surface area contributed by atoms with Crippen molar-refractivity contribution in [3.8, 4) is 0 Å². The summed E-state index contributed by atoms with van der Waals surface area (Å²) in [4.78, 5) is 20.4. The van der Waals surface area contributed by atoms with E-state index in [2.05, 4.69) is 75.5 Å². The summed E-state index contributed by atoms with van der Waals surface area (Å²) in [5.74, 6) is -0.0000616. The molecule has 2 atom stereocenters. The third-order valence-electron chi connectivity index (χ3n) is 7.11. The topological polar surface area (TPSA) is 38.8 Å². The summed E-state index contributed by atoms with van der Waals surface area (Å²) in [5.41, 5.74) is 4.31. The summed E-state index contributed by atoms with van der Waals surface area (Å²) >= 11 is 0. The van der Waals surface area contributed by atoms with Crippen molar-refractivity contribution < 1.29 is 4.79 Å². The van der Waals surface area contributed by atoms with Crippen LogP contribution in [0.15, 0.2) is 84.9 Å². The van der Waals surface area contributed by atoms with Crippen molar-refractivity contribution in [2.45, 2.75) is 25.6 Å². The lowest BCUT2D eigenvalue weighted by Gasteiger charge is -2.45. The molecule has 1 amide bonds. The van der Waals surface area contributed by atoms with Crippen molar-refractivity contribution in [3.05, 3.63) is 102 Å². The quantitative estimate of drug-likeness (QED) is 0.581. The number of piperazine rings is 1. The predicted octanol–water partition coefficient (Wildman–Crippen LogP) is 4.18. The van der Waals surface area contributed by atoms with E-state index in [-0.39, 0.29) is 18.1 Å². The first-order chi connectivity index (χ1) is 16.7. The molecule has 176 valence electrons. The van der Waals surface area contributed by atoms with Crippen molar-refractivity contribution >= 4 is 11.6 Å². The van der Waals surface area contributed by atoms with Gasteiger partial charge in [-0.2, -0.15) is 0 Å². The molecule has 5 nitrogen and oxygen atoms in total. The molecule has 2 heterocycles. The van der Waals surface area contributed by atoms with Gasteiger partial charge in [-0.15, -0.1) is 0 Å². The van der Waals surface area contributed by atoms with Gasteiger partial charge in [0.2, 0.25) is 0 Å². The number of carbonyl (C=O) groups is 1. The standard InChI is InChI=1S/C29H34N4O/c1-23(22-32-20-18-31(19-21-32)17-16-24-10-4-2-5-11-24)33-27-15-9-8-14-26(27)29(34)30-28(33)25-12-6-3-7-13-25/h2-15,23,28H,16-22H2,1H3,(H,30,34). The number of hydrogen-bond donors (Lipinski definition) is 1. The number of carbonyl (C=O) groups excluding carboxylic acids is 1. The van der Waals surface area contributed by atoms with Crippen molar-refractivity contribution in [3.63, 3.8) is 0 Å². The first kappa shape index (κ1) is 22.6. The molecular weight excluding hydrogens is 420 g/mol. The summed E-state index contributed by atoms with van der Waals surface area (Å²) in [6.45, 7) is 8.75. The first-order valence-electron chi connectivity index (χ1n) is 12.4. The number of nitrogens with one attached hydrogen (secondary N) is 1. The maximum atomic E-state index is 12.9. The van der Waals surface area contributed by atoms with Gasteiger partial charge in [0.15, 0.2) is 0 Å². The molecular formula is C29H34N4O. The normalized spacial score (nSPS) is 20.0. The number of anilines is 1. The zero-order valence-corrected chi connectivity index (χ0v) is 19.9. The van der Waals surface area contributed by atoms with Crippen LogP contribution in [0, 0.1) is 0 Å². The van der Waals surface area contributed by atoms with Crippen LogP contribution in [0.2, 0.25) is 0 Å². The Balaban J connectivity index is 1.25. The van der Waals surface area contributed by atoms with Crippen molar-refractivity contribution in [1.82, 2.24) is 15.1 Å². The van der Waals surface area contributed by atoms with Crippen LogP contribution in [0.5, 0.6) is 0 Å². The smallest absolute Gasteiger partial charge is 0.255 e. The van der Waals surface area contributed by atoms with Gasteiger partial charge in [0.05, 0.1) is 11.3 Å². The second kappa shape index (κ2) is 10.4. The van der Waals surface area contributed by atoms with E-state index in [9.17, 15) is 4.79 Å². The molecule has 0 saturated carbocycles. The highest BCUT2D eigenvalue weighted by molar-refractivity contribution is 6.02. The molecule has 2 aliphatic rings. The fraction of sp³-hybridized carbons (Fsp3) is 0.345. The highest BCUT2D eigenvalue weighted by Crippen LogP contribution is 2.35. The maximum absolute atomic E-state index is 12.9. The summed E-state index contributed by atoms with van der Waals surface area (Å²) < 4.78 is 0. The molecule has 0 spiro atoms. The molecule has 0 bridgehead atoms. The van der Waals surface area contributed by atoms with Crippen LogP contribution in [-0.4, -0.2) is 61.0 Å². The van der Waals surface area contributed by atoms with Crippen molar-refractivity contribution in [2.24, 2.45) is 0 Å². The highest BCUT2D eigenvalue weighted by Gasteiger charge is 2.35. The van der Waals surface area contributed by atoms with Crippen molar-refractivity contribution in [2.75, 3.05) is 44.2 Å². The van der Waals surface area contributed by atoms with Gasteiger partial charge in [0, 0.05) is 45.3 Å². The molecule has 3 aromatic carbocycles. The van der Waals surface area contributed by atoms with Gasteiger partial charge in [-0.1, -0.05) is 72.8 Å². The Morgan fingerprint density at radius 2 is 1.44 bits per heavy atom. The Labute approximate surface area is 203 Å². The molecule has 0 aromatic heterocycles. The Bertz CT molecular complexity index is 1080. The van der Waals surface area contributed by atoms with E-state index in [0.29, 0.717) is 0 Å². The van der Waals surface area contributed by atoms with Crippen LogP contribution in [0.25, 0.3) is 0 Å². The summed E-state index contributed by atoms with van der Waals surface area (Å²) in [6, 6.07) is 29.3. The van der Waals surface area contributed by atoms with Gasteiger partial charge in [-0.3, -0.25) is 9.69 Å². The van der Waals surface area contributed by atoms with E-state index >= 15 is 0 Å². The van der Waals surface area contributed by atoms with Gasteiger partial charge in [0.1, 0.15) is 6.17 Å². The molecule has 5 heteroatoms. The number of amides is 1. The minimum atomic E-state index is -0.161. The van der Waals surface area contributed by atoms with Gasteiger partial charge < -0.3 is 15.1 Å². The molecule has 3 aromatic rings. The molecule has 1 N–H and O–H groups in total. The minimum absolute atomic E-state index is 0.0000616. The van der Waals surface area contributed by atoms with E-state index < -0.39 is 0 Å². The Morgan fingerprint density at radius 3 is 2.18 bits per heavy atom. The Kier molecular flexibility index (Phi) is 6.93. The third kappa shape index (κ3) is 5.01. The van der Waals surface area contributed by atoms with Crippen LogP contribution in [0.3, 0.4) is 0 Å². The second-order valence-corrected chi connectivity index (χ2v) is 9.44. The Hall–Kier alpha value is -3.15. The van der Waals surface area contributed by atoms with Crippen LogP contribution in [0.1, 0.15) is 34.6 Å². The molecule has 0 aliphatic carbocycles. The summed E-state index contributed by atoms with van der Waals surface area (Å²) in [5, 5.41) is 3.26.